The van der Waals surface area contributed by atoms with Crippen molar-refractivity contribution < 1.29 is 19.5 Å². The summed E-state index contributed by atoms with van der Waals surface area (Å²) < 4.78 is 0. The van der Waals surface area contributed by atoms with Crippen LogP contribution < -0.4 is 10.6 Å². The van der Waals surface area contributed by atoms with Crippen LogP contribution in [0.1, 0.15) is 28.5 Å². The predicted octanol–water partition coefficient (Wildman–Crippen LogP) is 3.76. The lowest BCUT2D eigenvalue weighted by Crippen LogP contribution is -2.38. The van der Waals surface area contributed by atoms with E-state index in [9.17, 15) is 19.5 Å². The number of anilines is 3. The molecule has 0 radical (unpaired) electrons. The van der Waals surface area contributed by atoms with E-state index >= 15 is 0 Å². The number of H-pyrrole nitrogens is 1. The van der Waals surface area contributed by atoms with Crippen LogP contribution in [0, 0.1) is 6.92 Å². The van der Waals surface area contributed by atoms with Gasteiger partial charge < -0.3 is 20.7 Å². The fourth-order valence-corrected chi connectivity index (χ4v) is 3.57. The largest absolute Gasteiger partial charge is 0.465 e. The Labute approximate surface area is 178 Å². The topological polar surface area (TPSA) is 127 Å². The molecule has 3 aromatic rings. The second kappa shape index (κ2) is 7.94. The standard InChI is InChI=1S/C22H21N5O4/c1-12-3-5-15(6-4-12)25-21-19-16(10-27(22(30)31)11-17(19)29)26-20(21)14-7-8-23-18(9-14)24-13(2)28/h3-9,25-26H,10-11H2,1-2H3,(H,30,31)(H,23,24,28). The third-order valence-corrected chi connectivity index (χ3v) is 4.98. The molecule has 4 rings (SSSR count). The second-order valence-corrected chi connectivity index (χ2v) is 7.39. The van der Waals surface area contributed by atoms with Gasteiger partial charge in [0.25, 0.3) is 0 Å². The average molecular weight is 419 g/mol. The van der Waals surface area contributed by atoms with Crippen molar-refractivity contribution in [1.82, 2.24) is 14.9 Å². The number of aromatic nitrogens is 2. The van der Waals surface area contributed by atoms with Gasteiger partial charge in [0.1, 0.15) is 5.82 Å². The molecule has 158 valence electrons. The summed E-state index contributed by atoms with van der Waals surface area (Å²) in [5.41, 5.74) is 4.71. The summed E-state index contributed by atoms with van der Waals surface area (Å²) in [6.45, 7) is 3.24. The molecule has 1 aromatic carbocycles. The van der Waals surface area contributed by atoms with E-state index < -0.39 is 6.09 Å². The number of Topliss-reactive ketones (excluding diaryl/α,β-unsaturated/α-hetero) is 1. The second-order valence-electron chi connectivity index (χ2n) is 7.39. The van der Waals surface area contributed by atoms with Gasteiger partial charge in [-0.15, -0.1) is 0 Å². The number of carboxylic acid groups (broad SMARTS) is 1. The molecule has 9 nitrogen and oxygen atoms in total. The Morgan fingerprint density at radius 1 is 1.16 bits per heavy atom. The van der Waals surface area contributed by atoms with Gasteiger partial charge in [0.05, 0.1) is 30.0 Å². The van der Waals surface area contributed by atoms with Crippen molar-refractivity contribution in [3.05, 3.63) is 59.4 Å². The molecule has 0 unspecified atom stereocenters. The molecule has 9 heteroatoms. The zero-order valence-electron chi connectivity index (χ0n) is 17.0. The lowest BCUT2D eigenvalue weighted by Gasteiger charge is -2.23. The highest BCUT2D eigenvalue weighted by atomic mass is 16.4. The number of amides is 2. The SMILES string of the molecule is CC(=O)Nc1cc(-c2[nH]c3c(c2Nc2ccc(C)cc2)C(=O)CN(C(=O)O)C3)ccn1. The van der Waals surface area contributed by atoms with Gasteiger partial charge in [-0.1, -0.05) is 17.7 Å². The highest BCUT2D eigenvalue weighted by Crippen LogP contribution is 2.38. The Morgan fingerprint density at radius 2 is 1.90 bits per heavy atom. The van der Waals surface area contributed by atoms with Gasteiger partial charge in [-0.05, 0) is 31.2 Å². The Balaban J connectivity index is 1.83. The first-order chi connectivity index (χ1) is 14.8. The fraction of sp³-hybridized carbons (Fsp3) is 0.182. The first-order valence-electron chi connectivity index (χ1n) is 9.65. The van der Waals surface area contributed by atoms with Crippen LogP contribution in [0.4, 0.5) is 22.0 Å². The van der Waals surface area contributed by atoms with E-state index in [1.54, 1.807) is 18.3 Å². The van der Waals surface area contributed by atoms with Gasteiger partial charge >= 0.3 is 6.09 Å². The highest BCUT2D eigenvalue weighted by Gasteiger charge is 2.32. The van der Waals surface area contributed by atoms with E-state index in [2.05, 4.69) is 20.6 Å². The zero-order chi connectivity index (χ0) is 22.1. The van der Waals surface area contributed by atoms with E-state index in [1.807, 2.05) is 31.2 Å². The van der Waals surface area contributed by atoms with Crippen LogP contribution in [-0.2, 0) is 11.3 Å². The molecule has 0 aliphatic carbocycles. The van der Waals surface area contributed by atoms with Crippen LogP contribution >= 0.6 is 0 Å². The number of carbonyl (C=O) groups is 3. The first kappa shape index (κ1) is 20.1. The summed E-state index contributed by atoms with van der Waals surface area (Å²) in [7, 11) is 0. The van der Waals surface area contributed by atoms with Gasteiger partial charge in [0.15, 0.2) is 5.78 Å². The number of aryl methyl sites for hydroxylation is 1. The van der Waals surface area contributed by atoms with E-state index in [0.717, 1.165) is 16.2 Å². The zero-order valence-corrected chi connectivity index (χ0v) is 17.0. The van der Waals surface area contributed by atoms with Crippen LogP contribution in [0.2, 0.25) is 0 Å². The van der Waals surface area contributed by atoms with Gasteiger partial charge in [0.2, 0.25) is 5.91 Å². The van der Waals surface area contributed by atoms with Crippen LogP contribution in [-0.4, -0.2) is 44.3 Å². The third-order valence-electron chi connectivity index (χ3n) is 4.98. The number of carbonyl (C=O) groups excluding carboxylic acids is 2. The van der Waals surface area contributed by atoms with Crippen LogP contribution in [0.15, 0.2) is 42.6 Å². The van der Waals surface area contributed by atoms with E-state index in [0.29, 0.717) is 34.0 Å². The van der Waals surface area contributed by atoms with Crippen molar-refractivity contribution in [1.29, 1.82) is 0 Å². The number of ketones is 1. The first-order valence-corrected chi connectivity index (χ1v) is 9.65. The number of aromatic amines is 1. The molecule has 0 bridgehead atoms. The molecule has 0 fully saturated rings. The maximum absolute atomic E-state index is 12.9. The van der Waals surface area contributed by atoms with Gasteiger partial charge in [0, 0.05) is 30.1 Å². The Hall–Kier alpha value is -4.14. The summed E-state index contributed by atoms with van der Waals surface area (Å²) in [5, 5.41) is 15.3. The molecule has 0 saturated carbocycles. The van der Waals surface area contributed by atoms with Crippen LogP contribution in [0.25, 0.3) is 11.3 Å². The maximum Gasteiger partial charge on any atom is 0.408 e. The minimum absolute atomic E-state index is 0.0720. The molecule has 3 heterocycles. The number of nitrogens with zero attached hydrogens (tertiary/aromatic N) is 2. The number of hydrogen-bond donors (Lipinski definition) is 4. The summed E-state index contributed by atoms with van der Waals surface area (Å²) in [6.07, 6.45) is 0.404. The van der Waals surface area contributed by atoms with Gasteiger partial charge in [-0.25, -0.2) is 9.78 Å². The molecule has 31 heavy (non-hydrogen) atoms. The summed E-state index contributed by atoms with van der Waals surface area (Å²) >= 11 is 0. The van der Waals surface area contributed by atoms with Crippen molar-refractivity contribution in [2.24, 2.45) is 0 Å². The average Bonchev–Trinajstić information content (AvgIpc) is 3.08. The molecule has 2 aromatic heterocycles. The van der Waals surface area contributed by atoms with E-state index in [1.165, 1.54) is 6.92 Å². The molecule has 0 saturated heterocycles. The van der Waals surface area contributed by atoms with Gasteiger partial charge in [-0.3, -0.25) is 14.5 Å². The number of hydrogen-bond acceptors (Lipinski definition) is 5. The number of pyridine rings is 1. The normalized spacial score (nSPS) is 13.0. The number of nitrogens with one attached hydrogen (secondary N) is 3. The van der Waals surface area contributed by atoms with Crippen molar-refractivity contribution >= 4 is 35.0 Å². The molecule has 1 aliphatic rings. The lowest BCUT2D eigenvalue weighted by molar-refractivity contribution is -0.114. The number of fused-ring (bicyclic) bond motifs is 1. The van der Waals surface area contributed by atoms with Crippen LogP contribution in [0.5, 0.6) is 0 Å². The minimum atomic E-state index is -1.15. The summed E-state index contributed by atoms with van der Waals surface area (Å²) in [5.74, 6) is -0.171. The van der Waals surface area contributed by atoms with Crippen molar-refractivity contribution in [3.63, 3.8) is 0 Å². The van der Waals surface area contributed by atoms with Crippen molar-refractivity contribution in [2.75, 3.05) is 17.2 Å². The van der Waals surface area contributed by atoms with Crippen molar-refractivity contribution in [3.8, 4) is 11.3 Å². The summed E-state index contributed by atoms with van der Waals surface area (Å²) in [4.78, 5) is 44.2. The van der Waals surface area contributed by atoms with Crippen molar-refractivity contribution in [2.45, 2.75) is 20.4 Å². The summed E-state index contributed by atoms with van der Waals surface area (Å²) in [6, 6.07) is 11.2. The smallest absolute Gasteiger partial charge is 0.408 e. The molecule has 4 N–H and O–H groups in total. The van der Waals surface area contributed by atoms with E-state index in [-0.39, 0.29) is 24.8 Å². The number of rotatable bonds is 4. The Kier molecular flexibility index (Phi) is 5.16. The lowest BCUT2D eigenvalue weighted by atomic mass is 10.0. The molecule has 1 aliphatic heterocycles. The van der Waals surface area contributed by atoms with E-state index in [4.69, 9.17) is 0 Å². The Bertz CT molecular complexity index is 1180. The highest BCUT2D eigenvalue weighted by molar-refractivity contribution is 6.09. The molecule has 0 atom stereocenters. The maximum atomic E-state index is 12.9. The third kappa shape index (κ3) is 4.11. The monoisotopic (exact) mass is 419 g/mol. The van der Waals surface area contributed by atoms with Gasteiger partial charge in [-0.2, -0.15) is 0 Å². The molecular weight excluding hydrogens is 398 g/mol. The minimum Gasteiger partial charge on any atom is -0.465 e. The predicted molar refractivity (Wildman–Crippen MR) is 116 cm³/mol. The Morgan fingerprint density at radius 3 is 2.58 bits per heavy atom. The molecule has 0 spiro atoms. The molecular formula is C22H21N5O4. The van der Waals surface area contributed by atoms with Crippen LogP contribution in [0.3, 0.4) is 0 Å². The number of benzene rings is 1. The quantitative estimate of drug-likeness (QED) is 0.510. The molecule has 2 amide bonds. The fourth-order valence-electron chi connectivity index (χ4n) is 3.57.